The molecule has 1 heterocycles. The summed E-state index contributed by atoms with van der Waals surface area (Å²) in [6, 6.07) is 23.0. The zero-order valence-electron chi connectivity index (χ0n) is 16.8. The minimum absolute atomic E-state index is 0.171. The normalized spacial score (nSPS) is 14.4. The van der Waals surface area contributed by atoms with Gasteiger partial charge >= 0.3 is 0 Å². The molecule has 3 aromatic rings. The molecule has 0 saturated carbocycles. The predicted molar refractivity (Wildman–Crippen MR) is 118 cm³/mol. The molecule has 30 heavy (non-hydrogen) atoms. The maximum Gasteiger partial charge on any atom is 0.279 e. The third kappa shape index (κ3) is 3.93. The maximum absolute atomic E-state index is 12.4. The Hall–Kier alpha value is -3.93. The molecule has 0 N–H and O–H groups in total. The van der Waals surface area contributed by atoms with Gasteiger partial charge in [-0.05, 0) is 35.4 Å². The van der Waals surface area contributed by atoms with Crippen LogP contribution in [0, 0.1) is 0 Å². The van der Waals surface area contributed by atoms with Crippen LogP contribution >= 0.6 is 0 Å². The molecule has 0 spiro atoms. The molecule has 0 saturated heterocycles. The van der Waals surface area contributed by atoms with Crippen LogP contribution in [0.1, 0.15) is 16.7 Å². The number of nitrogens with zero attached hydrogens (tertiary/aromatic N) is 3. The molecule has 0 radical (unpaired) electrons. The lowest BCUT2D eigenvalue weighted by molar-refractivity contribution is -0.111. The van der Waals surface area contributed by atoms with E-state index in [0.717, 1.165) is 22.4 Å². The summed E-state index contributed by atoms with van der Waals surface area (Å²) in [4.78, 5) is 14.0. The van der Waals surface area contributed by atoms with E-state index in [4.69, 9.17) is 9.47 Å². The van der Waals surface area contributed by atoms with Gasteiger partial charge in [-0.15, -0.1) is 5.10 Å². The first-order valence-electron chi connectivity index (χ1n) is 9.50. The fraction of sp³-hybridized carbons (Fsp3) is 0.125. The quantitative estimate of drug-likeness (QED) is 0.464. The van der Waals surface area contributed by atoms with Gasteiger partial charge in [0.25, 0.3) is 5.91 Å². The highest BCUT2D eigenvalue weighted by molar-refractivity contribution is 6.54. The van der Waals surface area contributed by atoms with Gasteiger partial charge in [0.05, 0.1) is 19.0 Å². The molecule has 4 rings (SSSR count). The highest BCUT2D eigenvalue weighted by Crippen LogP contribution is 2.29. The smallest absolute Gasteiger partial charge is 0.279 e. The van der Waals surface area contributed by atoms with Crippen LogP contribution in [0.3, 0.4) is 0 Å². The number of amides is 1. The van der Waals surface area contributed by atoms with E-state index < -0.39 is 0 Å². The van der Waals surface area contributed by atoms with Crippen LogP contribution in [0.15, 0.2) is 83.0 Å². The van der Waals surface area contributed by atoms with E-state index in [0.29, 0.717) is 23.8 Å². The van der Waals surface area contributed by atoms with Gasteiger partial charge in [0.1, 0.15) is 6.61 Å². The van der Waals surface area contributed by atoms with E-state index in [-0.39, 0.29) is 5.91 Å². The molecule has 0 fully saturated rings. The van der Waals surface area contributed by atoms with Crippen molar-refractivity contribution in [3.63, 3.8) is 0 Å². The first-order chi connectivity index (χ1) is 14.7. The zero-order valence-corrected chi connectivity index (χ0v) is 16.8. The SMILES string of the molecule is COc1cc(/C=N\N=C2/C(=O)N(C)c3ccccc32)ccc1OCc1ccccc1. The Morgan fingerprint density at radius 2 is 1.73 bits per heavy atom. The van der Waals surface area contributed by atoms with Crippen molar-refractivity contribution in [3.05, 3.63) is 89.5 Å². The van der Waals surface area contributed by atoms with Crippen molar-refractivity contribution in [2.45, 2.75) is 6.61 Å². The summed E-state index contributed by atoms with van der Waals surface area (Å²) in [7, 11) is 3.32. The minimum Gasteiger partial charge on any atom is -0.493 e. The molecule has 0 aliphatic carbocycles. The highest BCUT2D eigenvalue weighted by Gasteiger charge is 2.30. The number of methoxy groups -OCH3 is 1. The third-order valence-electron chi connectivity index (χ3n) is 4.82. The predicted octanol–water partition coefficient (Wildman–Crippen LogP) is 4.07. The van der Waals surface area contributed by atoms with E-state index in [1.165, 1.54) is 0 Å². The van der Waals surface area contributed by atoms with Gasteiger partial charge in [-0.25, -0.2) is 0 Å². The van der Waals surface area contributed by atoms with Crippen molar-refractivity contribution in [1.82, 2.24) is 0 Å². The Bertz CT molecular complexity index is 1120. The van der Waals surface area contributed by atoms with Crippen molar-refractivity contribution in [2.75, 3.05) is 19.1 Å². The number of fused-ring (bicyclic) bond motifs is 1. The lowest BCUT2D eigenvalue weighted by Gasteiger charge is -2.11. The van der Waals surface area contributed by atoms with Crippen molar-refractivity contribution < 1.29 is 14.3 Å². The van der Waals surface area contributed by atoms with Crippen molar-refractivity contribution in [3.8, 4) is 11.5 Å². The Morgan fingerprint density at radius 3 is 2.53 bits per heavy atom. The number of carbonyl (C=O) groups excluding carboxylic acids is 1. The highest BCUT2D eigenvalue weighted by atomic mass is 16.5. The Labute approximate surface area is 175 Å². The van der Waals surface area contributed by atoms with Crippen LogP contribution in [0.25, 0.3) is 0 Å². The fourth-order valence-electron chi connectivity index (χ4n) is 3.22. The number of carbonyl (C=O) groups is 1. The Morgan fingerprint density at radius 1 is 0.967 bits per heavy atom. The summed E-state index contributed by atoms with van der Waals surface area (Å²) in [5.74, 6) is 1.08. The van der Waals surface area contributed by atoms with Crippen LogP contribution in [0.4, 0.5) is 5.69 Å². The van der Waals surface area contributed by atoms with Crippen LogP contribution < -0.4 is 14.4 Å². The van der Waals surface area contributed by atoms with E-state index >= 15 is 0 Å². The van der Waals surface area contributed by atoms with E-state index in [9.17, 15) is 4.79 Å². The van der Waals surface area contributed by atoms with Gasteiger partial charge in [-0.2, -0.15) is 5.10 Å². The zero-order chi connectivity index (χ0) is 20.9. The fourth-order valence-corrected chi connectivity index (χ4v) is 3.22. The van der Waals surface area contributed by atoms with Crippen LogP contribution in [0.5, 0.6) is 11.5 Å². The molecule has 0 aromatic heterocycles. The number of hydrogen-bond donors (Lipinski definition) is 0. The molecule has 6 nitrogen and oxygen atoms in total. The van der Waals surface area contributed by atoms with Crippen molar-refractivity contribution in [2.24, 2.45) is 10.2 Å². The van der Waals surface area contributed by atoms with Crippen molar-refractivity contribution in [1.29, 1.82) is 0 Å². The number of rotatable bonds is 6. The average Bonchev–Trinajstić information content (AvgIpc) is 3.03. The maximum atomic E-state index is 12.4. The molecule has 1 aliphatic rings. The standard InChI is InChI=1S/C24H21N3O3/c1-27-20-11-7-6-10-19(20)23(24(27)28)26-25-15-18-12-13-21(22(14-18)29-2)30-16-17-8-4-3-5-9-17/h3-15H,16H2,1-2H3/b25-15-,26-23-. The van der Waals surface area contributed by atoms with Gasteiger partial charge in [-0.3, -0.25) is 4.79 Å². The summed E-state index contributed by atoms with van der Waals surface area (Å²) >= 11 is 0. The molecule has 6 heteroatoms. The molecule has 1 aliphatic heterocycles. The Balaban J connectivity index is 1.50. The lowest BCUT2D eigenvalue weighted by atomic mass is 10.1. The molecule has 150 valence electrons. The largest absolute Gasteiger partial charge is 0.493 e. The van der Waals surface area contributed by atoms with Crippen LogP contribution in [-0.4, -0.2) is 32.0 Å². The number of likely N-dealkylation sites (N-methyl/N-ethyl adjacent to an activating group) is 1. The minimum atomic E-state index is -0.171. The second kappa shape index (κ2) is 8.61. The number of anilines is 1. The first-order valence-corrected chi connectivity index (χ1v) is 9.50. The monoisotopic (exact) mass is 399 g/mol. The summed E-state index contributed by atoms with van der Waals surface area (Å²) in [5, 5.41) is 8.29. The van der Waals surface area contributed by atoms with Gasteiger partial charge in [-0.1, -0.05) is 48.5 Å². The molecule has 0 atom stereocenters. The molecular weight excluding hydrogens is 378 g/mol. The summed E-state index contributed by atoms with van der Waals surface area (Å²) in [5.41, 5.74) is 3.81. The molecule has 0 unspecified atom stereocenters. The van der Waals surface area contributed by atoms with E-state index in [1.54, 1.807) is 25.3 Å². The molecule has 1 amide bonds. The number of hydrogen-bond acceptors (Lipinski definition) is 5. The number of ether oxygens (including phenoxy) is 2. The summed E-state index contributed by atoms with van der Waals surface area (Å²) < 4.78 is 11.3. The average molecular weight is 399 g/mol. The number of para-hydroxylation sites is 1. The second-order valence-corrected chi connectivity index (χ2v) is 6.76. The summed E-state index contributed by atoms with van der Waals surface area (Å²) in [6.45, 7) is 0.452. The third-order valence-corrected chi connectivity index (χ3v) is 4.82. The molecule has 3 aromatic carbocycles. The summed E-state index contributed by atoms with van der Waals surface area (Å²) in [6.07, 6.45) is 1.59. The van der Waals surface area contributed by atoms with Crippen LogP contribution in [-0.2, 0) is 11.4 Å². The molecule has 0 bridgehead atoms. The van der Waals surface area contributed by atoms with Crippen molar-refractivity contribution >= 4 is 23.5 Å². The molecular formula is C24H21N3O3. The Kier molecular flexibility index (Phi) is 5.57. The van der Waals surface area contributed by atoms with E-state index in [1.807, 2.05) is 72.8 Å². The number of benzene rings is 3. The first kappa shape index (κ1) is 19.4. The lowest BCUT2D eigenvalue weighted by Crippen LogP contribution is -2.25. The van der Waals surface area contributed by atoms with Gasteiger partial charge in [0.15, 0.2) is 17.2 Å². The van der Waals surface area contributed by atoms with Crippen LogP contribution in [0.2, 0.25) is 0 Å². The van der Waals surface area contributed by atoms with Gasteiger partial charge < -0.3 is 14.4 Å². The van der Waals surface area contributed by atoms with Gasteiger partial charge in [0, 0.05) is 12.6 Å². The van der Waals surface area contributed by atoms with E-state index in [2.05, 4.69) is 10.2 Å². The second-order valence-electron chi connectivity index (χ2n) is 6.76. The van der Waals surface area contributed by atoms with Gasteiger partial charge in [0.2, 0.25) is 0 Å². The topological polar surface area (TPSA) is 63.5 Å².